The SMILES string of the molecule is COc1ccc(/C=C2\C(=O)C(C(C)C)CCC2C)cc1. The van der Waals surface area contributed by atoms with Crippen molar-refractivity contribution >= 4 is 11.9 Å². The molecular weight excluding hydrogens is 248 g/mol. The smallest absolute Gasteiger partial charge is 0.162 e. The third kappa shape index (κ3) is 3.12. The lowest BCUT2D eigenvalue weighted by Crippen LogP contribution is -2.30. The fraction of sp³-hybridized carbons (Fsp3) is 0.500. The van der Waals surface area contributed by atoms with Gasteiger partial charge in [0.2, 0.25) is 0 Å². The Hall–Kier alpha value is -1.57. The van der Waals surface area contributed by atoms with Gasteiger partial charge in [0, 0.05) is 5.92 Å². The molecule has 0 aromatic heterocycles. The molecule has 1 aromatic carbocycles. The van der Waals surface area contributed by atoms with Gasteiger partial charge in [-0.05, 0) is 54.0 Å². The summed E-state index contributed by atoms with van der Waals surface area (Å²) in [6, 6.07) is 7.88. The fourth-order valence-electron chi connectivity index (χ4n) is 2.90. The van der Waals surface area contributed by atoms with Crippen molar-refractivity contribution in [3.05, 3.63) is 35.4 Å². The highest BCUT2D eigenvalue weighted by Gasteiger charge is 2.32. The maximum atomic E-state index is 12.6. The number of benzene rings is 1. The zero-order chi connectivity index (χ0) is 14.7. The molecule has 20 heavy (non-hydrogen) atoms. The summed E-state index contributed by atoms with van der Waals surface area (Å²) in [7, 11) is 1.66. The molecule has 0 saturated heterocycles. The Labute approximate surface area is 121 Å². The van der Waals surface area contributed by atoms with Crippen molar-refractivity contribution in [1.82, 2.24) is 0 Å². The summed E-state index contributed by atoms with van der Waals surface area (Å²) in [5, 5.41) is 0. The Kier molecular flexibility index (Phi) is 4.64. The van der Waals surface area contributed by atoms with Crippen molar-refractivity contribution in [2.75, 3.05) is 7.11 Å². The van der Waals surface area contributed by atoms with Crippen LogP contribution in [0.1, 0.15) is 39.2 Å². The Bertz CT molecular complexity index is 497. The van der Waals surface area contributed by atoms with Gasteiger partial charge in [0.15, 0.2) is 5.78 Å². The third-order valence-electron chi connectivity index (χ3n) is 4.31. The lowest BCUT2D eigenvalue weighted by atomic mass is 9.73. The molecule has 1 fully saturated rings. The average molecular weight is 272 g/mol. The molecule has 0 bridgehead atoms. The maximum Gasteiger partial charge on any atom is 0.162 e. The van der Waals surface area contributed by atoms with Gasteiger partial charge < -0.3 is 4.74 Å². The van der Waals surface area contributed by atoms with E-state index in [1.165, 1.54) is 0 Å². The van der Waals surface area contributed by atoms with Gasteiger partial charge in [0.05, 0.1) is 7.11 Å². The molecule has 1 aromatic rings. The first-order chi connectivity index (χ1) is 9.52. The fourth-order valence-corrected chi connectivity index (χ4v) is 2.90. The van der Waals surface area contributed by atoms with E-state index in [9.17, 15) is 4.79 Å². The van der Waals surface area contributed by atoms with Gasteiger partial charge in [-0.3, -0.25) is 4.79 Å². The average Bonchev–Trinajstić information content (AvgIpc) is 2.43. The first-order valence-corrected chi connectivity index (χ1v) is 7.42. The van der Waals surface area contributed by atoms with Crippen LogP contribution in [0, 0.1) is 17.8 Å². The summed E-state index contributed by atoms with van der Waals surface area (Å²) in [6.07, 6.45) is 4.19. The number of ether oxygens (including phenoxy) is 1. The Morgan fingerprint density at radius 3 is 2.40 bits per heavy atom. The minimum absolute atomic E-state index is 0.190. The van der Waals surface area contributed by atoms with E-state index in [1.807, 2.05) is 24.3 Å². The van der Waals surface area contributed by atoms with Gasteiger partial charge in [0.1, 0.15) is 5.75 Å². The first-order valence-electron chi connectivity index (χ1n) is 7.42. The number of ketones is 1. The molecular formula is C18H24O2. The zero-order valence-electron chi connectivity index (χ0n) is 12.8. The second-order valence-electron chi connectivity index (χ2n) is 6.07. The van der Waals surface area contributed by atoms with E-state index in [0.717, 1.165) is 29.7 Å². The van der Waals surface area contributed by atoms with Crippen molar-refractivity contribution in [2.45, 2.75) is 33.6 Å². The summed E-state index contributed by atoms with van der Waals surface area (Å²) < 4.78 is 5.16. The van der Waals surface area contributed by atoms with Gasteiger partial charge >= 0.3 is 0 Å². The number of Topliss-reactive ketones (excluding diaryl/α,β-unsaturated/α-hetero) is 1. The Morgan fingerprint density at radius 1 is 1.20 bits per heavy atom. The molecule has 2 atom stereocenters. The van der Waals surface area contributed by atoms with Crippen LogP contribution in [0.15, 0.2) is 29.8 Å². The number of methoxy groups -OCH3 is 1. The monoisotopic (exact) mass is 272 g/mol. The van der Waals surface area contributed by atoms with E-state index in [4.69, 9.17) is 4.74 Å². The third-order valence-corrected chi connectivity index (χ3v) is 4.31. The summed E-state index contributed by atoms with van der Waals surface area (Å²) in [4.78, 5) is 12.6. The van der Waals surface area contributed by atoms with Crippen LogP contribution in [0.4, 0.5) is 0 Å². The van der Waals surface area contributed by atoms with Gasteiger partial charge in [-0.1, -0.05) is 32.9 Å². The summed E-state index contributed by atoms with van der Waals surface area (Å²) in [5.74, 6) is 2.16. The summed E-state index contributed by atoms with van der Waals surface area (Å²) in [5.41, 5.74) is 2.06. The molecule has 2 heteroatoms. The van der Waals surface area contributed by atoms with Gasteiger partial charge in [-0.15, -0.1) is 0 Å². The highest BCUT2D eigenvalue weighted by atomic mass is 16.5. The molecule has 0 amide bonds. The molecule has 2 rings (SSSR count). The highest BCUT2D eigenvalue weighted by molar-refractivity contribution is 6.02. The van der Waals surface area contributed by atoms with Crippen LogP contribution in [-0.4, -0.2) is 12.9 Å². The minimum Gasteiger partial charge on any atom is -0.497 e. The van der Waals surface area contributed by atoms with Crippen LogP contribution in [0.3, 0.4) is 0 Å². The molecule has 2 unspecified atom stereocenters. The molecule has 0 spiro atoms. The minimum atomic E-state index is 0.190. The number of allylic oxidation sites excluding steroid dienone is 1. The molecule has 0 radical (unpaired) electrons. The van der Waals surface area contributed by atoms with E-state index in [1.54, 1.807) is 7.11 Å². The van der Waals surface area contributed by atoms with E-state index in [-0.39, 0.29) is 5.92 Å². The van der Waals surface area contributed by atoms with Crippen LogP contribution < -0.4 is 4.74 Å². The quantitative estimate of drug-likeness (QED) is 0.765. The van der Waals surface area contributed by atoms with Crippen LogP contribution in [-0.2, 0) is 4.79 Å². The van der Waals surface area contributed by atoms with Crippen LogP contribution in [0.25, 0.3) is 6.08 Å². The number of rotatable bonds is 3. The van der Waals surface area contributed by atoms with E-state index < -0.39 is 0 Å². The highest BCUT2D eigenvalue weighted by Crippen LogP contribution is 2.35. The predicted molar refractivity (Wildman–Crippen MR) is 82.7 cm³/mol. The van der Waals surface area contributed by atoms with E-state index in [0.29, 0.717) is 17.6 Å². The molecule has 0 N–H and O–H groups in total. The van der Waals surface area contributed by atoms with Crippen LogP contribution in [0.5, 0.6) is 5.75 Å². The topological polar surface area (TPSA) is 26.3 Å². The second kappa shape index (κ2) is 6.25. The van der Waals surface area contributed by atoms with E-state index >= 15 is 0 Å². The van der Waals surface area contributed by atoms with Gasteiger partial charge in [-0.2, -0.15) is 0 Å². The van der Waals surface area contributed by atoms with E-state index in [2.05, 4.69) is 26.8 Å². The van der Waals surface area contributed by atoms with Gasteiger partial charge in [-0.25, -0.2) is 0 Å². The summed E-state index contributed by atoms with van der Waals surface area (Å²) in [6.45, 7) is 6.44. The Morgan fingerprint density at radius 2 is 1.85 bits per heavy atom. The van der Waals surface area contributed by atoms with Crippen LogP contribution in [0.2, 0.25) is 0 Å². The second-order valence-corrected chi connectivity index (χ2v) is 6.07. The van der Waals surface area contributed by atoms with Crippen LogP contribution >= 0.6 is 0 Å². The predicted octanol–water partition coefficient (Wildman–Crippen LogP) is 4.35. The maximum absolute atomic E-state index is 12.6. The lowest BCUT2D eigenvalue weighted by molar-refractivity contribution is -0.122. The molecule has 0 aliphatic heterocycles. The number of hydrogen-bond acceptors (Lipinski definition) is 2. The molecule has 1 aliphatic carbocycles. The molecule has 1 saturated carbocycles. The van der Waals surface area contributed by atoms with Crippen molar-refractivity contribution in [2.24, 2.45) is 17.8 Å². The lowest BCUT2D eigenvalue weighted by Gasteiger charge is -2.30. The van der Waals surface area contributed by atoms with Crippen molar-refractivity contribution in [3.8, 4) is 5.75 Å². The number of hydrogen-bond donors (Lipinski definition) is 0. The molecule has 0 heterocycles. The zero-order valence-corrected chi connectivity index (χ0v) is 12.8. The molecule has 2 nitrogen and oxygen atoms in total. The Balaban J connectivity index is 2.27. The molecule has 1 aliphatic rings. The number of carbonyl (C=O) groups is 1. The number of carbonyl (C=O) groups excluding carboxylic acids is 1. The standard InChI is InChI=1S/C18H24O2/c1-12(2)16-10-5-13(3)17(18(16)19)11-14-6-8-15(20-4)9-7-14/h6-9,11-13,16H,5,10H2,1-4H3/b17-11-. The first kappa shape index (κ1) is 14.8. The largest absolute Gasteiger partial charge is 0.497 e. The van der Waals surface area contributed by atoms with Crippen molar-refractivity contribution in [3.63, 3.8) is 0 Å². The normalized spacial score (nSPS) is 25.2. The van der Waals surface area contributed by atoms with Gasteiger partial charge in [0.25, 0.3) is 0 Å². The summed E-state index contributed by atoms with van der Waals surface area (Å²) >= 11 is 0. The van der Waals surface area contributed by atoms with Crippen molar-refractivity contribution < 1.29 is 9.53 Å². The molecule has 108 valence electrons. The van der Waals surface area contributed by atoms with Crippen molar-refractivity contribution in [1.29, 1.82) is 0 Å².